The number of rotatable bonds is 2. The highest BCUT2D eigenvalue weighted by Gasteiger charge is 2.20. The van der Waals surface area contributed by atoms with Crippen molar-refractivity contribution in [1.82, 2.24) is 14.9 Å². The third-order valence-electron chi connectivity index (χ3n) is 3.01. The van der Waals surface area contributed by atoms with Gasteiger partial charge >= 0.3 is 0 Å². The molecule has 0 N–H and O–H groups in total. The van der Waals surface area contributed by atoms with Gasteiger partial charge in [0, 0.05) is 11.3 Å². The fourth-order valence-electron chi connectivity index (χ4n) is 2.06. The van der Waals surface area contributed by atoms with E-state index in [-0.39, 0.29) is 0 Å². The number of hydrogen-bond acceptors (Lipinski definition) is 5. The summed E-state index contributed by atoms with van der Waals surface area (Å²) in [5, 5.41) is 16.1. The quantitative estimate of drug-likeness (QED) is 0.728. The van der Waals surface area contributed by atoms with Crippen LogP contribution in [0.2, 0.25) is 0 Å². The Kier molecular flexibility index (Phi) is 2.90. The van der Waals surface area contributed by atoms with Crippen LogP contribution in [-0.2, 0) is 0 Å². The first kappa shape index (κ1) is 11.9. The molecule has 0 fully saturated rings. The van der Waals surface area contributed by atoms with E-state index in [1.165, 1.54) is 4.88 Å². The van der Waals surface area contributed by atoms with Crippen molar-refractivity contribution < 1.29 is 0 Å². The van der Waals surface area contributed by atoms with Crippen molar-refractivity contribution in [2.75, 3.05) is 5.75 Å². The Morgan fingerprint density at radius 2 is 1.90 bits per heavy atom. The molecule has 4 nitrogen and oxygen atoms in total. The minimum absolute atomic E-state index is 0.793. The molecule has 0 unspecified atom stereocenters. The first-order chi connectivity index (χ1) is 9.92. The van der Waals surface area contributed by atoms with E-state index in [2.05, 4.69) is 21.6 Å². The van der Waals surface area contributed by atoms with Crippen LogP contribution in [0, 0.1) is 0 Å². The maximum Gasteiger partial charge on any atom is 0.212 e. The molecule has 98 valence electrons. The first-order valence-electron chi connectivity index (χ1n) is 6.17. The summed E-state index contributed by atoms with van der Waals surface area (Å²) < 4.78 is 1.85. The van der Waals surface area contributed by atoms with Crippen LogP contribution in [0.4, 0.5) is 0 Å². The number of nitrogens with zero attached hydrogens (tertiary/aromatic N) is 4. The van der Waals surface area contributed by atoms with Crippen molar-refractivity contribution in [2.24, 2.45) is 5.10 Å². The molecule has 0 saturated carbocycles. The zero-order chi connectivity index (χ0) is 13.4. The Balaban J connectivity index is 1.83. The van der Waals surface area contributed by atoms with Crippen LogP contribution in [0.1, 0.15) is 4.88 Å². The van der Waals surface area contributed by atoms with Gasteiger partial charge in [0.15, 0.2) is 5.82 Å². The average molecular weight is 298 g/mol. The number of aromatic nitrogens is 3. The minimum atomic E-state index is 0.793. The molecule has 1 aromatic carbocycles. The molecule has 0 radical (unpaired) electrons. The molecule has 0 bridgehead atoms. The predicted molar refractivity (Wildman–Crippen MR) is 82.4 cm³/mol. The van der Waals surface area contributed by atoms with Gasteiger partial charge in [-0.05, 0) is 11.4 Å². The summed E-state index contributed by atoms with van der Waals surface area (Å²) in [6.45, 7) is 0. The number of thiophene rings is 1. The summed E-state index contributed by atoms with van der Waals surface area (Å²) in [6.07, 6.45) is 0. The molecule has 4 rings (SSSR count). The lowest BCUT2D eigenvalue weighted by molar-refractivity contribution is 0.763. The topological polar surface area (TPSA) is 43.1 Å². The lowest BCUT2D eigenvalue weighted by Crippen LogP contribution is -2.12. The second kappa shape index (κ2) is 4.88. The molecule has 0 aliphatic carbocycles. The SMILES string of the molecule is c1ccc(-c2nnc3n2N=C(c2cccs2)CS3)cc1. The van der Waals surface area contributed by atoms with Crippen LogP contribution >= 0.6 is 23.1 Å². The molecule has 3 aromatic rings. The van der Waals surface area contributed by atoms with Crippen LogP contribution < -0.4 is 0 Å². The first-order valence-corrected chi connectivity index (χ1v) is 8.04. The highest BCUT2D eigenvalue weighted by atomic mass is 32.2. The van der Waals surface area contributed by atoms with E-state index in [1.54, 1.807) is 23.1 Å². The van der Waals surface area contributed by atoms with Crippen molar-refractivity contribution in [3.63, 3.8) is 0 Å². The lowest BCUT2D eigenvalue weighted by Gasteiger charge is -2.12. The molecule has 1 aliphatic rings. The van der Waals surface area contributed by atoms with Crippen molar-refractivity contribution in [3.05, 3.63) is 52.7 Å². The summed E-state index contributed by atoms with van der Waals surface area (Å²) in [5.41, 5.74) is 2.11. The van der Waals surface area contributed by atoms with Crippen LogP contribution in [0.5, 0.6) is 0 Å². The molecule has 0 amide bonds. The van der Waals surface area contributed by atoms with Gasteiger partial charge in [-0.2, -0.15) is 9.78 Å². The Hall–Kier alpha value is -1.92. The molecule has 6 heteroatoms. The van der Waals surface area contributed by atoms with Gasteiger partial charge in [-0.3, -0.25) is 0 Å². The maximum absolute atomic E-state index is 4.72. The zero-order valence-electron chi connectivity index (χ0n) is 10.4. The third-order valence-corrected chi connectivity index (χ3v) is 4.86. The van der Waals surface area contributed by atoms with Gasteiger partial charge in [0.1, 0.15) is 0 Å². The molecule has 2 aromatic heterocycles. The number of fused-ring (bicyclic) bond motifs is 1. The fraction of sp³-hybridized carbons (Fsp3) is 0.0714. The van der Waals surface area contributed by atoms with Gasteiger partial charge in [0.05, 0.1) is 10.6 Å². The van der Waals surface area contributed by atoms with E-state index in [0.29, 0.717) is 0 Å². The Morgan fingerprint density at radius 1 is 1.00 bits per heavy atom. The second-order valence-electron chi connectivity index (χ2n) is 4.30. The van der Waals surface area contributed by atoms with Crippen molar-refractivity contribution in [3.8, 4) is 11.4 Å². The van der Waals surface area contributed by atoms with Crippen molar-refractivity contribution >= 4 is 28.8 Å². The van der Waals surface area contributed by atoms with E-state index in [0.717, 1.165) is 28.0 Å². The van der Waals surface area contributed by atoms with E-state index >= 15 is 0 Å². The van der Waals surface area contributed by atoms with E-state index in [9.17, 15) is 0 Å². The van der Waals surface area contributed by atoms with Gasteiger partial charge in [0.25, 0.3) is 0 Å². The number of thioether (sulfide) groups is 1. The summed E-state index contributed by atoms with van der Waals surface area (Å²) in [7, 11) is 0. The maximum atomic E-state index is 4.72. The van der Waals surface area contributed by atoms with Gasteiger partial charge in [-0.25, -0.2) is 0 Å². The van der Waals surface area contributed by atoms with Crippen LogP contribution in [0.25, 0.3) is 11.4 Å². The fourth-order valence-corrected chi connectivity index (χ4v) is 3.69. The zero-order valence-corrected chi connectivity index (χ0v) is 12.1. The Bertz CT molecular complexity index is 760. The second-order valence-corrected chi connectivity index (χ2v) is 6.19. The monoisotopic (exact) mass is 298 g/mol. The van der Waals surface area contributed by atoms with E-state index in [1.807, 2.05) is 41.1 Å². The largest absolute Gasteiger partial charge is 0.212 e. The summed E-state index contributed by atoms with van der Waals surface area (Å²) in [4.78, 5) is 1.20. The Morgan fingerprint density at radius 3 is 2.70 bits per heavy atom. The molecule has 0 spiro atoms. The van der Waals surface area contributed by atoms with Crippen molar-refractivity contribution in [2.45, 2.75) is 5.16 Å². The van der Waals surface area contributed by atoms with Gasteiger partial charge in [-0.15, -0.1) is 21.5 Å². The number of hydrogen-bond donors (Lipinski definition) is 0. The van der Waals surface area contributed by atoms with Gasteiger partial charge < -0.3 is 0 Å². The average Bonchev–Trinajstić information content (AvgIpc) is 3.17. The van der Waals surface area contributed by atoms with Gasteiger partial charge in [-0.1, -0.05) is 48.2 Å². The summed E-state index contributed by atoms with van der Waals surface area (Å²) in [5.74, 6) is 1.63. The van der Waals surface area contributed by atoms with Crippen molar-refractivity contribution in [1.29, 1.82) is 0 Å². The van der Waals surface area contributed by atoms with Crippen LogP contribution in [0.15, 0.2) is 58.1 Å². The van der Waals surface area contributed by atoms with Crippen LogP contribution in [0.3, 0.4) is 0 Å². The number of benzene rings is 1. The summed E-state index contributed by atoms with van der Waals surface area (Å²) in [6, 6.07) is 14.2. The summed E-state index contributed by atoms with van der Waals surface area (Å²) >= 11 is 3.39. The van der Waals surface area contributed by atoms with Crippen LogP contribution in [-0.4, -0.2) is 26.3 Å². The molecule has 0 atom stereocenters. The Labute approximate surface area is 124 Å². The highest BCUT2D eigenvalue weighted by molar-refractivity contribution is 7.99. The third kappa shape index (κ3) is 1.97. The standard InChI is InChI=1S/C14H10N4S2/c1-2-5-10(6-3-1)13-15-16-14-18(13)17-11(9-20-14)12-7-4-8-19-12/h1-8H,9H2. The molecule has 3 heterocycles. The molecule has 0 saturated heterocycles. The smallest absolute Gasteiger partial charge is 0.186 e. The minimum Gasteiger partial charge on any atom is -0.186 e. The predicted octanol–water partition coefficient (Wildman–Crippen LogP) is 3.36. The van der Waals surface area contributed by atoms with Gasteiger partial charge in [0.2, 0.25) is 5.16 Å². The molecular weight excluding hydrogens is 288 g/mol. The van der Waals surface area contributed by atoms with E-state index < -0.39 is 0 Å². The molecular formula is C14H10N4S2. The lowest BCUT2D eigenvalue weighted by atomic mass is 10.2. The van der Waals surface area contributed by atoms with E-state index in [4.69, 9.17) is 5.10 Å². The normalized spacial score (nSPS) is 13.9. The molecule has 1 aliphatic heterocycles. The molecule has 20 heavy (non-hydrogen) atoms. The highest BCUT2D eigenvalue weighted by Crippen LogP contribution is 2.29.